The first-order valence-corrected chi connectivity index (χ1v) is 3.57. The minimum atomic E-state index is -0.670. The SMILES string of the molecule is CCC(C=O)N(OC)C(=O)OC. The van der Waals surface area contributed by atoms with Gasteiger partial charge in [0.15, 0.2) is 0 Å². The second-order valence-corrected chi connectivity index (χ2v) is 2.09. The van der Waals surface area contributed by atoms with E-state index in [4.69, 9.17) is 0 Å². The normalized spacial score (nSPS) is 11.9. The monoisotopic (exact) mass is 175 g/mol. The number of nitrogens with zero attached hydrogens (tertiary/aromatic N) is 1. The Balaban J connectivity index is 4.29. The predicted octanol–water partition coefficient (Wildman–Crippen LogP) is 0.594. The van der Waals surface area contributed by atoms with Gasteiger partial charge in [0.05, 0.1) is 14.2 Å². The molecule has 0 fully saturated rings. The number of ether oxygens (including phenoxy) is 1. The number of hydrogen-bond donors (Lipinski definition) is 0. The van der Waals surface area contributed by atoms with Gasteiger partial charge in [-0.3, -0.25) is 4.84 Å². The summed E-state index contributed by atoms with van der Waals surface area (Å²) in [6.07, 6.45) is 0.462. The average Bonchev–Trinajstić information content (AvgIpc) is 2.12. The van der Waals surface area contributed by atoms with Crippen molar-refractivity contribution in [2.45, 2.75) is 19.4 Å². The molecule has 0 aliphatic rings. The van der Waals surface area contributed by atoms with Crippen molar-refractivity contribution in [2.75, 3.05) is 14.2 Å². The molecule has 1 amide bonds. The summed E-state index contributed by atoms with van der Waals surface area (Å²) >= 11 is 0. The lowest BCUT2D eigenvalue weighted by Gasteiger charge is -2.22. The summed E-state index contributed by atoms with van der Waals surface area (Å²) < 4.78 is 4.39. The van der Waals surface area contributed by atoms with E-state index >= 15 is 0 Å². The van der Waals surface area contributed by atoms with Gasteiger partial charge in [-0.1, -0.05) is 6.92 Å². The highest BCUT2D eigenvalue weighted by atomic mass is 16.7. The fraction of sp³-hybridized carbons (Fsp3) is 0.714. The molecule has 0 aromatic carbocycles. The van der Waals surface area contributed by atoms with Gasteiger partial charge >= 0.3 is 6.09 Å². The lowest BCUT2D eigenvalue weighted by Crippen LogP contribution is -2.40. The van der Waals surface area contributed by atoms with Gasteiger partial charge < -0.3 is 9.53 Å². The van der Waals surface area contributed by atoms with Crippen LogP contribution in [0.1, 0.15) is 13.3 Å². The molecule has 12 heavy (non-hydrogen) atoms. The van der Waals surface area contributed by atoms with Gasteiger partial charge in [0.2, 0.25) is 0 Å². The summed E-state index contributed by atoms with van der Waals surface area (Å²) in [6, 6.07) is -0.581. The van der Waals surface area contributed by atoms with Crippen molar-refractivity contribution in [1.82, 2.24) is 5.06 Å². The first-order valence-electron chi connectivity index (χ1n) is 3.57. The number of amides is 1. The van der Waals surface area contributed by atoms with E-state index in [0.717, 1.165) is 5.06 Å². The number of rotatable bonds is 4. The largest absolute Gasteiger partial charge is 0.451 e. The molecular weight excluding hydrogens is 162 g/mol. The van der Waals surface area contributed by atoms with Crippen molar-refractivity contribution in [2.24, 2.45) is 0 Å². The fourth-order valence-electron chi connectivity index (χ4n) is 0.753. The highest BCUT2D eigenvalue weighted by Crippen LogP contribution is 2.03. The zero-order valence-corrected chi connectivity index (χ0v) is 7.44. The van der Waals surface area contributed by atoms with Crippen molar-refractivity contribution in [3.63, 3.8) is 0 Å². The zero-order valence-electron chi connectivity index (χ0n) is 7.44. The number of aldehydes is 1. The van der Waals surface area contributed by atoms with Crippen LogP contribution in [-0.4, -0.2) is 37.7 Å². The van der Waals surface area contributed by atoms with Crippen LogP contribution in [0.25, 0.3) is 0 Å². The van der Waals surface area contributed by atoms with Crippen LogP contribution in [0.4, 0.5) is 4.79 Å². The van der Waals surface area contributed by atoms with Crippen LogP contribution >= 0.6 is 0 Å². The zero-order chi connectivity index (χ0) is 9.56. The molecule has 0 heterocycles. The summed E-state index contributed by atoms with van der Waals surface area (Å²) in [5.74, 6) is 0. The van der Waals surface area contributed by atoms with Crippen molar-refractivity contribution < 1.29 is 19.2 Å². The molecule has 0 bridgehead atoms. The van der Waals surface area contributed by atoms with Crippen LogP contribution < -0.4 is 0 Å². The van der Waals surface area contributed by atoms with Gasteiger partial charge in [0.1, 0.15) is 12.3 Å². The number of carbonyl (C=O) groups excluding carboxylic acids is 2. The van der Waals surface area contributed by atoms with E-state index in [1.54, 1.807) is 6.92 Å². The third-order valence-corrected chi connectivity index (χ3v) is 1.43. The third-order valence-electron chi connectivity index (χ3n) is 1.43. The van der Waals surface area contributed by atoms with Crippen molar-refractivity contribution in [1.29, 1.82) is 0 Å². The summed E-state index contributed by atoms with van der Waals surface area (Å²) in [4.78, 5) is 26.0. The third kappa shape index (κ3) is 2.50. The van der Waals surface area contributed by atoms with Gasteiger partial charge in [-0.15, -0.1) is 0 Å². The lowest BCUT2D eigenvalue weighted by atomic mass is 10.2. The maximum atomic E-state index is 10.9. The molecular formula is C7H13NO4. The molecule has 0 spiro atoms. The van der Waals surface area contributed by atoms with E-state index in [1.807, 2.05) is 0 Å². The summed E-state index contributed by atoms with van der Waals surface area (Å²) in [6.45, 7) is 1.77. The van der Waals surface area contributed by atoms with Crippen molar-refractivity contribution in [3.05, 3.63) is 0 Å². The van der Waals surface area contributed by atoms with Gasteiger partial charge in [-0.25, -0.2) is 4.79 Å². The van der Waals surface area contributed by atoms with E-state index in [0.29, 0.717) is 12.7 Å². The summed E-state index contributed by atoms with van der Waals surface area (Å²) in [7, 11) is 2.54. The van der Waals surface area contributed by atoms with Gasteiger partial charge in [-0.2, -0.15) is 5.06 Å². The van der Waals surface area contributed by atoms with Crippen LogP contribution in [-0.2, 0) is 14.4 Å². The molecule has 0 saturated carbocycles. The van der Waals surface area contributed by atoms with Gasteiger partial charge in [0, 0.05) is 0 Å². The van der Waals surface area contributed by atoms with Crippen molar-refractivity contribution >= 4 is 12.4 Å². The molecule has 5 heteroatoms. The van der Waals surface area contributed by atoms with Crippen LogP contribution in [0.15, 0.2) is 0 Å². The standard InChI is InChI=1S/C7H13NO4/c1-4-6(5-9)8(12-3)7(10)11-2/h5-6H,4H2,1-3H3. The van der Waals surface area contributed by atoms with E-state index in [-0.39, 0.29) is 0 Å². The Morgan fingerprint density at radius 2 is 2.17 bits per heavy atom. The molecule has 0 radical (unpaired) electrons. The Hall–Kier alpha value is -1.10. The molecule has 1 atom stereocenters. The predicted molar refractivity (Wildman–Crippen MR) is 41.4 cm³/mol. The number of carbonyl (C=O) groups is 2. The highest BCUT2D eigenvalue weighted by Gasteiger charge is 2.22. The van der Waals surface area contributed by atoms with Gasteiger partial charge in [0.25, 0.3) is 0 Å². The first-order chi connectivity index (χ1) is 5.71. The minimum absolute atomic E-state index is 0.493. The maximum absolute atomic E-state index is 10.9. The second kappa shape index (κ2) is 5.54. The molecule has 0 aromatic heterocycles. The Bertz CT molecular complexity index is 159. The van der Waals surface area contributed by atoms with Gasteiger partial charge in [-0.05, 0) is 6.42 Å². The Morgan fingerprint density at radius 3 is 2.42 bits per heavy atom. The van der Waals surface area contributed by atoms with Crippen LogP contribution in [0.2, 0.25) is 0 Å². The minimum Gasteiger partial charge on any atom is -0.451 e. The van der Waals surface area contributed by atoms with E-state index in [9.17, 15) is 9.59 Å². The van der Waals surface area contributed by atoms with Crippen molar-refractivity contribution in [3.8, 4) is 0 Å². The fourth-order valence-corrected chi connectivity index (χ4v) is 0.753. The lowest BCUT2D eigenvalue weighted by molar-refractivity contribution is -0.147. The molecule has 0 saturated heterocycles. The molecule has 1 unspecified atom stereocenters. The molecule has 5 nitrogen and oxygen atoms in total. The molecule has 0 aliphatic heterocycles. The van der Waals surface area contributed by atoms with Crippen LogP contribution in [0.5, 0.6) is 0 Å². The summed E-state index contributed by atoms with van der Waals surface area (Å²) in [5, 5.41) is 0.896. The van der Waals surface area contributed by atoms with E-state index in [2.05, 4.69) is 9.57 Å². The smallest absolute Gasteiger partial charge is 0.434 e. The molecule has 0 aromatic rings. The maximum Gasteiger partial charge on any atom is 0.434 e. The highest BCUT2D eigenvalue weighted by molar-refractivity contribution is 5.71. The molecule has 0 aliphatic carbocycles. The molecule has 0 rings (SSSR count). The van der Waals surface area contributed by atoms with Crippen LogP contribution in [0, 0.1) is 0 Å². The second-order valence-electron chi connectivity index (χ2n) is 2.09. The Labute approximate surface area is 71.2 Å². The summed E-state index contributed by atoms with van der Waals surface area (Å²) in [5.41, 5.74) is 0. The number of hydroxylamine groups is 2. The Morgan fingerprint density at radius 1 is 1.58 bits per heavy atom. The van der Waals surface area contributed by atoms with Crippen LogP contribution in [0.3, 0.4) is 0 Å². The topological polar surface area (TPSA) is 55.8 Å². The number of methoxy groups -OCH3 is 1. The quantitative estimate of drug-likeness (QED) is 0.463. The molecule has 0 N–H and O–H groups in total. The average molecular weight is 175 g/mol. The van der Waals surface area contributed by atoms with E-state index in [1.165, 1.54) is 14.2 Å². The Kier molecular flexibility index (Phi) is 5.03. The number of hydrogen-bond acceptors (Lipinski definition) is 4. The first kappa shape index (κ1) is 10.9. The molecule has 70 valence electrons. The van der Waals surface area contributed by atoms with E-state index < -0.39 is 12.1 Å².